The molecule has 0 spiro atoms. The van der Waals surface area contributed by atoms with E-state index in [4.69, 9.17) is 0 Å². The predicted octanol–water partition coefficient (Wildman–Crippen LogP) is 2.73. The average molecular weight is 319 g/mol. The summed E-state index contributed by atoms with van der Waals surface area (Å²) >= 11 is 1.70. The number of nitrogens with one attached hydrogen (secondary N) is 2. The third-order valence-electron chi connectivity index (χ3n) is 3.23. The smallest absolute Gasteiger partial charge is 0.216 e. The molecule has 0 aliphatic heterocycles. The molecule has 4 nitrogen and oxygen atoms in total. The molecule has 116 valence electrons. The maximum atomic E-state index is 12.3. The highest BCUT2D eigenvalue weighted by molar-refractivity contribution is 7.90. The highest BCUT2D eigenvalue weighted by Gasteiger charge is 2.24. The van der Waals surface area contributed by atoms with Crippen LogP contribution in [0, 0.1) is 13.8 Å². The van der Waals surface area contributed by atoms with E-state index in [1.807, 2.05) is 34.6 Å². The van der Waals surface area contributed by atoms with Crippen molar-refractivity contribution in [3.8, 4) is 0 Å². The standard InChI is InChI=1S/C14H26N2O2S2/c1-9(2)15-8-11(4)20(17,18)16-12(5)14-7-10(3)19-13(14)6/h7,9,11-12,15-16H,8H2,1-6H3. The van der Waals surface area contributed by atoms with Crippen molar-refractivity contribution in [2.24, 2.45) is 0 Å². The quantitative estimate of drug-likeness (QED) is 0.813. The second kappa shape index (κ2) is 7.02. The third-order valence-corrected chi connectivity index (χ3v) is 6.12. The summed E-state index contributed by atoms with van der Waals surface area (Å²) < 4.78 is 27.4. The minimum atomic E-state index is -3.32. The van der Waals surface area contributed by atoms with Crippen LogP contribution in [0.25, 0.3) is 0 Å². The van der Waals surface area contributed by atoms with Crippen LogP contribution < -0.4 is 10.0 Å². The molecule has 2 N–H and O–H groups in total. The van der Waals surface area contributed by atoms with E-state index in [0.29, 0.717) is 6.54 Å². The topological polar surface area (TPSA) is 58.2 Å². The van der Waals surface area contributed by atoms with Gasteiger partial charge in [0.15, 0.2) is 0 Å². The fourth-order valence-corrected chi connectivity index (χ4v) is 4.21. The van der Waals surface area contributed by atoms with Crippen molar-refractivity contribution in [1.29, 1.82) is 0 Å². The highest BCUT2D eigenvalue weighted by Crippen LogP contribution is 2.26. The van der Waals surface area contributed by atoms with Gasteiger partial charge in [0, 0.05) is 28.4 Å². The van der Waals surface area contributed by atoms with E-state index in [1.165, 1.54) is 9.75 Å². The Morgan fingerprint density at radius 2 is 1.80 bits per heavy atom. The molecule has 0 saturated carbocycles. The van der Waals surface area contributed by atoms with E-state index in [-0.39, 0.29) is 12.1 Å². The monoisotopic (exact) mass is 318 g/mol. The molecule has 0 aliphatic rings. The van der Waals surface area contributed by atoms with E-state index in [9.17, 15) is 8.42 Å². The van der Waals surface area contributed by atoms with Crippen molar-refractivity contribution in [2.75, 3.05) is 6.54 Å². The van der Waals surface area contributed by atoms with Gasteiger partial charge >= 0.3 is 0 Å². The first-order chi connectivity index (χ1) is 9.13. The van der Waals surface area contributed by atoms with Crippen molar-refractivity contribution < 1.29 is 8.42 Å². The highest BCUT2D eigenvalue weighted by atomic mass is 32.2. The van der Waals surface area contributed by atoms with Crippen LogP contribution >= 0.6 is 11.3 Å². The van der Waals surface area contributed by atoms with Crippen LogP contribution in [-0.4, -0.2) is 26.3 Å². The molecular formula is C14H26N2O2S2. The lowest BCUT2D eigenvalue weighted by molar-refractivity contribution is 0.531. The second-order valence-corrected chi connectivity index (χ2v) is 9.22. The molecule has 0 amide bonds. The minimum absolute atomic E-state index is 0.188. The van der Waals surface area contributed by atoms with E-state index in [0.717, 1.165) is 5.56 Å². The minimum Gasteiger partial charge on any atom is -0.313 e. The zero-order chi connectivity index (χ0) is 15.5. The van der Waals surface area contributed by atoms with Crippen molar-refractivity contribution in [1.82, 2.24) is 10.0 Å². The summed E-state index contributed by atoms with van der Waals surface area (Å²) in [5.74, 6) is 0. The summed E-state index contributed by atoms with van der Waals surface area (Å²) in [4.78, 5) is 2.38. The van der Waals surface area contributed by atoms with Gasteiger partial charge in [-0.1, -0.05) is 13.8 Å². The van der Waals surface area contributed by atoms with Crippen LogP contribution in [0.3, 0.4) is 0 Å². The first-order valence-electron chi connectivity index (χ1n) is 6.95. The number of aryl methyl sites for hydroxylation is 2. The molecule has 6 heteroatoms. The molecule has 0 saturated heterocycles. The van der Waals surface area contributed by atoms with Crippen LogP contribution in [0.2, 0.25) is 0 Å². The number of thiophene rings is 1. The zero-order valence-electron chi connectivity index (χ0n) is 13.1. The fraction of sp³-hybridized carbons (Fsp3) is 0.714. The van der Waals surface area contributed by atoms with E-state index in [1.54, 1.807) is 18.3 Å². The van der Waals surface area contributed by atoms with Crippen LogP contribution in [0.5, 0.6) is 0 Å². The summed E-state index contributed by atoms with van der Waals surface area (Å²) in [6, 6.07) is 2.16. The Bertz CT molecular complexity index is 535. The molecular weight excluding hydrogens is 292 g/mol. The van der Waals surface area contributed by atoms with Crippen LogP contribution in [0.4, 0.5) is 0 Å². The molecule has 0 radical (unpaired) electrons. The van der Waals surface area contributed by atoms with Crippen molar-refractivity contribution >= 4 is 21.4 Å². The molecule has 1 aromatic rings. The second-order valence-electron chi connectivity index (χ2n) is 5.63. The maximum Gasteiger partial charge on any atom is 0.216 e. The van der Waals surface area contributed by atoms with E-state index < -0.39 is 15.3 Å². The molecule has 0 aliphatic carbocycles. The van der Waals surface area contributed by atoms with Gasteiger partial charge < -0.3 is 5.32 Å². The third kappa shape index (κ3) is 4.84. The summed E-state index contributed by atoms with van der Waals surface area (Å²) in [5, 5.41) is 2.71. The number of hydrogen-bond acceptors (Lipinski definition) is 4. The van der Waals surface area contributed by atoms with Gasteiger partial charge in [0.05, 0.1) is 5.25 Å². The first kappa shape index (κ1) is 17.6. The first-order valence-corrected chi connectivity index (χ1v) is 9.31. The molecule has 0 fully saturated rings. The largest absolute Gasteiger partial charge is 0.313 e. The van der Waals surface area contributed by atoms with Crippen LogP contribution in [0.15, 0.2) is 6.07 Å². The molecule has 20 heavy (non-hydrogen) atoms. The lowest BCUT2D eigenvalue weighted by Gasteiger charge is -2.20. The molecule has 0 bridgehead atoms. The summed E-state index contributed by atoms with van der Waals surface area (Å²) in [5.41, 5.74) is 1.07. The molecule has 1 heterocycles. The van der Waals surface area contributed by atoms with Gasteiger partial charge in [-0.15, -0.1) is 11.3 Å². The van der Waals surface area contributed by atoms with E-state index in [2.05, 4.69) is 16.1 Å². The van der Waals surface area contributed by atoms with Crippen LogP contribution in [-0.2, 0) is 10.0 Å². The number of sulfonamides is 1. The Hall–Kier alpha value is -0.430. The van der Waals surface area contributed by atoms with Gasteiger partial charge in [0.2, 0.25) is 10.0 Å². The van der Waals surface area contributed by atoms with Gasteiger partial charge in [-0.05, 0) is 39.3 Å². The van der Waals surface area contributed by atoms with Gasteiger partial charge in [-0.25, -0.2) is 13.1 Å². The Morgan fingerprint density at radius 1 is 1.20 bits per heavy atom. The Labute approximate surface area is 127 Å². The summed E-state index contributed by atoms with van der Waals surface area (Å²) in [6.45, 7) is 12.2. The van der Waals surface area contributed by atoms with Crippen molar-refractivity contribution in [3.05, 3.63) is 21.4 Å². The lowest BCUT2D eigenvalue weighted by atomic mass is 10.1. The van der Waals surface area contributed by atoms with Crippen LogP contribution in [0.1, 0.15) is 49.1 Å². The van der Waals surface area contributed by atoms with Crippen molar-refractivity contribution in [3.63, 3.8) is 0 Å². The molecule has 1 rings (SSSR count). The normalized spacial score (nSPS) is 15.6. The zero-order valence-corrected chi connectivity index (χ0v) is 14.8. The van der Waals surface area contributed by atoms with Gasteiger partial charge in [0.25, 0.3) is 0 Å². The van der Waals surface area contributed by atoms with Gasteiger partial charge in [0.1, 0.15) is 0 Å². The molecule has 2 atom stereocenters. The lowest BCUT2D eigenvalue weighted by Crippen LogP contribution is -2.41. The van der Waals surface area contributed by atoms with Gasteiger partial charge in [-0.2, -0.15) is 0 Å². The van der Waals surface area contributed by atoms with E-state index >= 15 is 0 Å². The predicted molar refractivity (Wildman–Crippen MR) is 86.9 cm³/mol. The molecule has 1 aromatic heterocycles. The Morgan fingerprint density at radius 3 is 2.25 bits per heavy atom. The molecule has 0 aromatic carbocycles. The SMILES string of the molecule is Cc1cc(C(C)NS(=O)(=O)C(C)CNC(C)C)c(C)s1. The summed E-state index contributed by atoms with van der Waals surface area (Å²) in [6.07, 6.45) is 0. The molecule has 2 unspecified atom stereocenters. The van der Waals surface area contributed by atoms with Crippen molar-refractivity contribution in [2.45, 2.75) is 58.9 Å². The Kier molecular flexibility index (Phi) is 6.19. The summed E-state index contributed by atoms with van der Waals surface area (Å²) in [7, 11) is -3.32. The average Bonchev–Trinajstić information content (AvgIpc) is 2.64. The van der Waals surface area contributed by atoms with Gasteiger partial charge in [-0.3, -0.25) is 0 Å². The number of rotatable bonds is 7. The number of hydrogen-bond donors (Lipinski definition) is 2. The fourth-order valence-electron chi connectivity index (χ4n) is 2.02. The Balaban J connectivity index is 2.73. The maximum absolute atomic E-state index is 12.3.